The predicted octanol–water partition coefficient (Wildman–Crippen LogP) is 2.52. The molecule has 0 atom stereocenters. The lowest BCUT2D eigenvalue weighted by Gasteiger charge is -2.11. The van der Waals surface area contributed by atoms with E-state index in [1.807, 2.05) is 77.4 Å². The van der Waals surface area contributed by atoms with E-state index in [1.165, 1.54) is 11.5 Å². The zero-order valence-electron chi connectivity index (χ0n) is 12.9. The fourth-order valence-electron chi connectivity index (χ4n) is 2.60. The number of aromatic nitrogens is 2. The molecular weight excluding hydrogens is 306 g/mol. The molecule has 0 fully saturated rings. The van der Waals surface area contributed by atoms with Crippen molar-refractivity contribution < 1.29 is 0 Å². The van der Waals surface area contributed by atoms with Gasteiger partial charge in [-0.1, -0.05) is 24.3 Å². The second-order valence-electron chi connectivity index (χ2n) is 5.63. The maximum atomic E-state index is 12.6. The van der Waals surface area contributed by atoms with E-state index in [-0.39, 0.29) is 5.43 Å². The number of benzene rings is 2. The molecular formula is C18H15N3OS. The van der Waals surface area contributed by atoms with Crippen LogP contribution in [0.4, 0.5) is 5.69 Å². The van der Waals surface area contributed by atoms with Gasteiger partial charge in [-0.2, -0.15) is 0 Å². The smallest absolute Gasteiger partial charge is 0.241 e. The number of hydrogen-bond acceptors (Lipinski definition) is 4. The number of nitrogens with zero attached hydrogens (tertiary/aromatic N) is 3. The molecule has 0 N–H and O–H groups in total. The van der Waals surface area contributed by atoms with Crippen molar-refractivity contribution in [2.24, 2.45) is 0 Å². The molecule has 0 amide bonds. The summed E-state index contributed by atoms with van der Waals surface area (Å²) in [5.74, 6) is 0. The van der Waals surface area contributed by atoms with E-state index in [0.717, 1.165) is 22.3 Å². The molecule has 4 aromatic rings. The minimum Gasteiger partial charge on any atom is -0.378 e. The molecule has 23 heavy (non-hydrogen) atoms. The van der Waals surface area contributed by atoms with Crippen LogP contribution in [0.3, 0.4) is 0 Å². The highest BCUT2D eigenvalue weighted by molar-refractivity contribution is 7.04. The molecule has 2 aromatic heterocycles. The van der Waals surface area contributed by atoms with Crippen molar-refractivity contribution in [3.63, 3.8) is 0 Å². The summed E-state index contributed by atoms with van der Waals surface area (Å²) in [7, 11) is 4.02. The van der Waals surface area contributed by atoms with E-state index >= 15 is 0 Å². The summed E-state index contributed by atoms with van der Waals surface area (Å²) in [5, 5.41) is 0. The molecule has 0 aliphatic carbocycles. The summed E-state index contributed by atoms with van der Waals surface area (Å²) in [6, 6.07) is 16.0. The lowest BCUT2D eigenvalue weighted by atomic mass is 10.2. The van der Waals surface area contributed by atoms with Gasteiger partial charge in [0.1, 0.15) is 0 Å². The van der Waals surface area contributed by atoms with Gasteiger partial charge < -0.3 is 4.90 Å². The average Bonchev–Trinajstić information content (AvgIpc) is 3.06. The van der Waals surface area contributed by atoms with Gasteiger partial charge in [0.2, 0.25) is 5.43 Å². The van der Waals surface area contributed by atoms with E-state index in [9.17, 15) is 4.79 Å². The van der Waals surface area contributed by atoms with Gasteiger partial charge >= 0.3 is 0 Å². The molecule has 2 heterocycles. The van der Waals surface area contributed by atoms with E-state index in [4.69, 9.17) is 0 Å². The average molecular weight is 321 g/mol. The minimum absolute atomic E-state index is 0.0112. The third-order valence-electron chi connectivity index (χ3n) is 3.84. The first-order valence-electron chi connectivity index (χ1n) is 7.33. The molecule has 0 saturated heterocycles. The van der Waals surface area contributed by atoms with Crippen LogP contribution in [-0.2, 0) is 0 Å². The standard InChI is InChI=1S/C18H15N3OS/c1-20(2)13-9-7-12(8-10-13)11-16-17(22)18-19-14-5-3-4-6-15(14)21(18)23-16/h3-11H,1-2H3. The Kier molecular flexibility index (Phi) is 3.16. The zero-order chi connectivity index (χ0) is 16.0. The fourth-order valence-corrected chi connectivity index (χ4v) is 3.62. The number of anilines is 1. The lowest BCUT2D eigenvalue weighted by Crippen LogP contribution is -2.17. The minimum atomic E-state index is -0.0112. The number of fused-ring (bicyclic) bond motifs is 3. The summed E-state index contributed by atoms with van der Waals surface area (Å²) in [6.07, 6.45) is 1.93. The van der Waals surface area contributed by atoms with Gasteiger partial charge in [0.25, 0.3) is 0 Å². The molecule has 4 nitrogen and oxygen atoms in total. The number of imidazole rings is 1. The predicted molar refractivity (Wildman–Crippen MR) is 96.4 cm³/mol. The van der Waals surface area contributed by atoms with Crippen molar-refractivity contribution >= 4 is 40.0 Å². The van der Waals surface area contributed by atoms with Crippen molar-refractivity contribution in [3.8, 4) is 0 Å². The van der Waals surface area contributed by atoms with Gasteiger partial charge in [-0.15, -0.1) is 0 Å². The number of para-hydroxylation sites is 2. The van der Waals surface area contributed by atoms with Crippen molar-refractivity contribution in [1.82, 2.24) is 8.77 Å². The molecule has 0 aliphatic rings. The summed E-state index contributed by atoms with van der Waals surface area (Å²) in [4.78, 5) is 19.1. The van der Waals surface area contributed by atoms with Crippen molar-refractivity contribution in [1.29, 1.82) is 0 Å². The summed E-state index contributed by atoms with van der Waals surface area (Å²) in [5.41, 5.74) is 4.48. The molecule has 0 radical (unpaired) electrons. The Hall–Kier alpha value is -2.66. The van der Waals surface area contributed by atoms with Crippen molar-refractivity contribution in [3.05, 3.63) is 68.9 Å². The maximum Gasteiger partial charge on any atom is 0.241 e. The molecule has 4 rings (SSSR count). The van der Waals surface area contributed by atoms with Gasteiger partial charge in [-0.3, -0.25) is 4.79 Å². The van der Waals surface area contributed by atoms with Crippen LogP contribution in [-0.4, -0.2) is 22.9 Å². The monoisotopic (exact) mass is 321 g/mol. The second kappa shape index (κ2) is 5.21. The molecule has 5 heteroatoms. The van der Waals surface area contributed by atoms with Crippen LogP contribution in [0.2, 0.25) is 0 Å². The first kappa shape index (κ1) is 14.0. The first-order chi connectivity index (χ1) is 11.1. The van der Waals surface area contributed by atoms with Gasteiger partial charge in [0.15, 0.2) is 5.65 Å². The molecule has 2 aromatic carbocycles. The van der Waals surface area contributed by atoms with Crippen LogP contribution in [0, 0.1) is 0 Å². The van der Waals surface area contributed by atoms with Crippen LogP contribution >= 0.6 is 11.5 Å². The topological polar surface area (TPSA) is 37.6 Å². The summed E-state index contributed by atoms with van der Waals surface area (Å²) < 4.78 is 2.62. The van der Waals surface area contributed by atoms with Crippen LogP contribution in [0.1, 0.15) is 5.56 Å². The highest BCUT2D eigenvalue weighted by Gasteiger charge is 2.10. The van der Waals surface area contributed by atoms with Crippen LogP contribution in [0.15, 0.2) is 53.3 Å². The fraction of sp³-hybridized carbons (Fsp3) is 0.111. The van der Waals surface area contributed by atoms with Crippen LogP contribution < -0.4 is 14.9 Å². The Bertz CT molecular complexity index is 1110. The Morgan fingerprint density at radius 1 is 1.09 bits per heavy atom. The van der Waals surface area contributed by atoms with Crippen LogP contribution in [0.5, 0.6) is 0 Å². The third-order valence-corrected chi connectivity index (χ3v) is 4.90. The highest BCUT2D eigenvalue weighted by Crippen LogP contribution is 2.16. The van der Waals surface area contributed by atoms with E-state index in [2.05, 4.69) is 4.98 Å². The van der Waals surface area contributed by atoms with E-state index in [1.54, 1.807) is 0 Å². The molecule has 0 spiro atoms. The third kappa shape index (κ3) is 2.29. The molecule has 114 valence electrons. The summed E-state index contributed by atoms with van der Waals surface area (Å²) >= 11 is 1.44. The quantitative estimate of drug-likeness (QED) is 0.569. The molecule has 0 saturated carbocycles. The Balaban J connectivity index is 1.88. The van der Waals surface area contributed by atoms with Gasteiger partial charge in [-0.05, 0) is 47.4 Å². The number of hydrogen-bond donors (Lipinski definition) is 0. The SMILES string of the molecule is CN(C)c1ccc(C=c2sn3c(nc4ccccc43)c2=O)cc1. The first-order valence-corrected chi connectivity index (χ1v) is 8.10. The number of rotatable bonds is 2. The van der Waals surface area contributed by atoms with Crippen LogP contribution in [0.25, 0.3) is 22.8 Å². The van der Waals surface area contributed by atoms with Gasteiger partial charge in [0.05, 0.1) is 15.6 Å². The Morgan fingerprint density at radius 3 is 2.57 bits per heavy atom. The molecule has 0 aliphatic heterocycles. The second-order valence-corrected chi connectivity index (χ2v) is 6.62. The molecule has 0 bridgehead atoms. The summed E-state index contributed by atoms with van der Waals surface area (Å²) in [6.45, 7) is 0. The largest absolute Gasteiger partial charge is 0.378 e. The Morgan fingerprint density at radius 2 is 1.83 bits per heavy atom. The van der Waals surface area contributed by atoms with Gasteiger partial charge in [-0.25, -0.2) is 8.77 Å². The van der Waals surface area contributed by atoms with E-state index < -0.39 is 0 Å². The molecule has 0 unspecified atom stereocenters. The van der Waals surface area contributed by atoms with Gasteiger partial charge in [0, 0.05) is 19.8 Å². The van der Waals surface area contributed by atoms with E-state index in [0.29, 0.717) is 10.2 Å². The Labute approximate surface area is 137 Å². The van der Waals surface area contributed by atoms with Crippen molar-refractivity contribution in [2.45, 2.75) is 0 Å². The maximum absolute atomic E-state index is 12.6. The van der Waals surface area contributed by atoms with Crippen molar-refractivity contribution in [2.75, 3.05) is 19.0 Å². The normalized spacial score (nSPS) is 12.3. The lowest BCUT2D eigenvalue weighted by molar-refractivity contribution is 1.13. The highest BCUT2D eigenvalue weighted by atomic mass is 32.1. The zero-order valence-corrected chi connectivity index (χ0v) is 13.7.